The molecule has 1 aliphatic rings. The Hall–Kier alpha value is -2.21. The smallest absolute Gasteiger partial charge is 0.216 e. The lowest BCUT2D eigenvalue weighted by molar-refractivity contribution is 0.419. The minimum Gasteiger partial charge on any atom is -0.361 e. The lowest BCUT2D eigenvalue weighted by Gasteiger charge is -2.19. The molecule has 118 valence electrons. The van der Waals surface area contributed by atoms with Crippen molar-refractivity contribution in [2.45, 2.75) is 38.0 Å². The van der Waals surface area contributed by atoms with Crippen molar-refractivity contribution in [3.63, 3.8) is 0 Å². The molecule has 0 aliphatic heterocycles. The Morgan fingerprint density at radius 3 is 2.91 bits per heavy atom. The maximum absolute atomic E-state index is 5.36. The number of hydrogen-bond donors (Lipinski definition) is 2. The third-order valence-electron chi connectivity index (χ3n) is 4.58. The van der Waals surface area contributed by atoms with Crippen LogP contribution < -0.4 is 0 Å². The van der Waals surface area contributed by atoms with Gasteiger partial charge in [0.05, 0.1) is 6.21 Å². The number of nitrogens with one attached hydrogen (secondary N) is 2. The fourth-order valence-electron chi connectivity index (χ4n) is 3.36. The zero-order chi connectivity index (χ0) is 15.6. The summed E-state index contributed by atoms with van der Waals surface area (Å²) in [5.74, 6) is 1.42. The standard InChI is InChI=1S/C17H19N5S/c23-17-21-20-16(12-6-2-1-3-7-12)22(17)19-11-13-10-18-15-9-5-4-8-14(13)15/h4-5,8-12,18H,1-3,6-7H2,(H,21,23)/b19-11-. The first kappa shape index (κ1) is 14.4. The normalized spacial score (nSPS) is 16.5. The Bertz CT molecular complexity index is 895. The third kappa shape index (κ3) is 2.74. The maximum Gasteiger partial charge on any atom is 0.216 e. The number of nitrogens with zero attached hydrogens (tertiary/aromatic N) is 3. The summed E-state index contributed by atoms with van der Waals surface area (Å²) in [5.41, 5.74) is 2.16. The van der Waals surface area contributed by atoms with Crippen molar-refractivity contribution in [2.75, 3.05) is 0 Å². The Morgan fingerprint density at radius 1 is 1.22 bits per heavy atom. The fraction of sp³-hybridized carbons (Fsp3) is 0.353. The van der Waals surface area contributed by atoms with Crippen LogP contribution in [0.3, 0.4) is 0 Å². The van der Waals surface area contributed by atoms with Crippen LogP contribution in [-0.4, -0.2) is 26.1 Å². The molecule has 6 heteroatoms. The van der Waals surface area contributed by atoms with Crippen LogP contribution in [0.2, 0.25) is 0 Å². The molecular formula is C17H19N5S. The first-order valence-corrected chi connectivity index (χ1v) is 8.51. The number of fused-ring (bicyclic) bond motifs is 1. The van der Waals surface area contributed by atoms with E-state index in [0.29, 0.717) is 10.7 Å². The maximum atomic E-state index is 5.36. The third-order valence-corrected chi connectivity index (χ3v) is 4.84. The first-order chi connectivity index (χ1) is 11.3. The number of aromatic nitrogens is 4. The molecule has 4 rings (SSSR count). The SMILES string of the molecule is S=c1[nH]nc(C2CCCCC2)n1/N=C\c1c[nH]c2ccccc12. The summed E-state index contributed by atoms with van der Waals surface area (Å²) in [4.78, 5) is 3.26. The molecule has 0 saturated heterocycles. The van der Waals surface area contributed by atoms with Crippen molar-refractivity contribution in [3.8, 4) is 0 Å². The van der Waals surface area contributed by atoms with Gasteiger partial charge in [0.2, 0.25) is 4.77 Å². The van der Waals surface area contributed by atoms with Crippen LogP contribution >= 0.6 is 12.2 Å². The topological polar surface area (TPSA) is 61.8 Å². The summed E-state index contributed by atoms with van der Waals surface area (Å²) in [7, 11) is 0. The Labute approximate surface area is 139 Å². The molecule has 1 aromatic carbocycles. The number of para-hydroxylation sites is 1. The van der Waals surface area contributed by atoms with E-state index in [1.54, 1.807) is 4.68 Å². The van der Waals surface area contributed by atoms with Crippen LogP contribution in [0, 0.1) is 4.77 Å². The second-order valence-corrected chi connectivity index (χ2v) is 6.45. The van der Waals surface area contributed by atoms with Crippen LogP contribution in [0.1, 0.15) is 49.4 Å². The highest BCUT2D eigenvalue weighted by molar-refractivity contribution is 7.71. The number of rotatable bonds is 3. The molecule has 0 amide bonds. The quantitative estimate of drug-likeness (QED) is 0.555. The van der Waals surface area contributed by atoms with Crippen molar-refractivity contribution in [2.24, 2.45) is 5.10 Å². The van der Waals surface area contributed by atoms with Gasteiger partial charge in [-0.25, -0.2) is 0 Å². The van der Waals surface area contributed by atoms with Gasteiger partial charge in [-0.3, -0.25) is 5.10 Å². The number of aromatic amines is 2. The molecular weight excluding hydrogens is 306 g/mol. The highest BCUT2D eigenvalue weighted by Gasteiger charge is 2.21. The van der Waals surface area contributed by atoms with E-state index in [1.165, 1.54) is 32.1 Å². The zero-order valence-corrected chi connectivity index (χ0v) is 13.6. The number of H-pyrrole nitrogens is 2. The summed E-state index contributed by atoms with van der Waals surface area (Å²) < 4.78 is 2.34. The highest BCUT2D eigenvalue weighted by Crippen LogP contribution is 2.31. The van der Waals surface area contributed by atoms with Gasteiger partial charge in [-0.2, -0.15) is 14.9 Å². The lowest BCUT2D eigenvalue weighted by Crippen LogP contribution is -2.10. The molecule has 0 bridgehead atoms. The predicted molar refractivity (Wildman–Crippen MR) is 94.5 cm³/mol. The van der Waals surface area contributed by atoms with E-state index in [4.69, 9.17) is 12.2 Å². The zero-order valence-electron chi connectivity index (χ0n) is 12.8. The molecule has 2 aromatic heterocycles. The summed E-state index contributed by atoms with van der Waals surface area (Å²) in [6.07, 6.45) is 10.0. The second kappa shape index (κ2) is 6.12. The summed E-state index contributed by atoms with van der Waals surface area (Å²) >= 11 is 5.36. The van der Waals surface area contributed by atoms with Gasteiger partial charge in [-0.15, -0.1) is 0 Å². The van der Waals surface area contributed by atoms with Gasteiger partial charge in [0, 0.05) is 28.6 Å². The second-order valence-electron chi connectivity index (χ2n) is 6.07. The van der Waals surface area contributed by atoms with Gasteiger partial charge in [-0.1, -0.05) is 37.5 Å². The van der Waals surface area contributed by atoms with Crippen molar-refractivity contribution in [1.29, 1.82) is 0 Å². The summed E-state index contributed by atoms with van der Waals surface area (Å²) in [5, 5.41) is 13.1. The molecule has 5 nitrogen and oxygen atoms in total. The Kier molecular flexibility index (Phi) is 3.83. The molecule has 0 radical (unpaired) electrons. The highest BCUT2D eigenvalue weighted by atomic mass is 32.1. The summed E-state index contributed by atoms with van der Waals surface area (Å²) in [6, 6.07) is 8.20. The minimum atomic E-state index is 0.455. The van der Waals surface area contributed by atoms with Gasteiger partial charge < -0.3 is 4.98 Å². The average molecular weight is 325 g/mol. The van der Waals surface area contributed by atoms with E-state index in [0.717, 1.165) is 22.3 Å². The van der Waals surface area contributed by atoms with E-state index in [-0.39, 0.29) is 0 Å². The van der Waals surface area contributed by atoms with E-state index in [1.807, 2.05) is 24.5 Å². The lowest BCUT2D eigenvalue weighted by atomic mass is 9.89. The van der Waals surface area contributed by atoms with Crippen LogP contribution in [0.4, 0.5) is 0 Å². The van der Waals surface area contributed by atoms with Crippen molar-refractivity contribution < 1.29 is 0 Å². The average Bonchev–Trinajstić information content (AvgIpc) is 3.17. The summed E-state index contributed by atoms with van der Waals surface area (Å²) in [6.45, 7) is 0. The van der Waals surface area contributed by atoms with Gasteiger partial charge >= 0.3 is 0 Å². The van der Waals surface area contributed by atoms with Crippen LogP contribution in [0.25, 0.3) is 10.9 Å². The van der Waals surface area contributed by atoms with Crippen LogP contribution in [0.5, 0.6) is 0 Å². The number of hydrogen-bond acceptors (Lipinski definition) is 3. The van der Waals surface area contributed by atoms with Crippen LogP contribution in [0.15, 0.2) is 35.6 Å². The Morgan fingerprint density at radius 2 is 2.04 bits per heavy atom. The minimum absolute atomic E-state index is 0.455. The molecule has 23 heavy (non-hydrogen) atoms. The van der Waals surface area contributed by atoms with Crippen LogP contribution in [-0.2, 0) is 0 Å². The molecule has 0 spiro atoms. The fourth-order valence-corrected chi connectivity index (χ4v) is 3.55. The van der Waals surface area contributed by atoms with Crippen molar-refractivity contribution in [1.82, 2.24) is 19.9 Å². The van der Waals surface area contributed by atoms with E-state index >= 15 is 0 Å². The van der Waals surface area contributed by atoms with Gasteiger partial charge in [0.1, 0.15) is 0 Å². The van der Waals surface area contributed by atoms with Gasteiger partial charge in [-0.05, 0) is 31.1 Å². The van der Waals surface area contributed by atoms with Gasteiger partial charge in [0.15, 0.2) is 5.82 Å². The number of benzene rings is 1. The molecule has 0 atom stereocenters. The van der Waals surface area contributed by atoms with Crippen molar-refractivity contribution in [3.05, 3.63) is 46.6 Å². The monoisotopic (exact) mass is 325 g/mol. The van der Waals surface area contributed by atoms with E-state index < -0.39 is 0 Å². The molecule has 1 fully saturated rings. The first-order valence-electron chi connectivity index (χ1n) is 8.11. The predicted octanol–water partition coefficient (Wildman–Crippen LogP) is 4.35. The molecule has 1 saturated carbocycles. The largest absolute Gasteiger partial charge is 0.361 e. The molecule has 3 aromatic rings. The molecule has 1 aliphatic carbocycles. The Balaban J connectivity index is 1.68. The molecule has 0 unspecified atom stereocenters. The molecule has 2 heterocycles. The molecule has 2 N–H and O–H groups in total. The van der Waals surface area contributed by atoms with Crippen molar-refractivity contribution >= 4 is 29.3 Å². The van der Waals surface area contributed by atoms with Gasteiger partial charge in [0.25, 0.3) is 0 Å². The van der Waals surface area contributed by atoms with E-state index in [2.05, 4.69) is 32.4 Å². The van der Waals surface area contributed by atoms with E-state index in [9.17, 15) is 0 Å².